The first-order chi connectivity index (χ1) is 12.8. The van der Waals surface area contributed by atoms with Crippen LogP contribution in [-0.4, -0.2) is 23.8 Å². The Balaban J connectivity index is 2.23. The minimum atomic E-state index is -0.771. The molecule has 2 aromatic rings. The molecule has 2 atom stereocenters. The van der Waals surface area contributed by atoms with Gasteiger partial charge >= 0.3 is 12.1 Å². The SMILES string of the molecule is C=C[C@H](OC(=O)c1ccccc1)[C@@H](NC(=O)OC(C)(C)C)c1ccccc1. The van der Waals surface area contributed by atoms with E-state index in [0.29, 0.717) is 5.56 Å². The molecule has 0 aromatic heterocycles. The van der Waals surface area contributed by atoms with Gasteiger partial charge in [-0.3, -0.25) is 0 Å². The molecule has 0 saturated carbocycles. The van der Waals surface area contributed by atoms with Gasteiger partial charge in [-0.15, -0.1) is 0 Å². The van der Waals surface area contributed by atoms with Crippen LogP contribution in [0, 0.1) is 0 Å². The molecule has 0 unspecified atom stereocenters. The maximum absolute atomic E-state index is 12.5. The van der Waals surface area contributed by atoms with Crippen LogP contribution < -0.4 is 5.32 Å². The van der Waals surface area contributed by atoms with Gasteiger partial charge in [-0.1, -0.05) is 55.1 Å². The average Bonchev–Trinajstić information content (AvgIpc) is 2.64. The minimum absolute atomic E-state index is 0.424. The van der Waals surface area contributed by atoms with Crippen molar-refractivity contribution in [3.8, 4) is 0 Å². The van der Waals surface area contributed by atoms with Gasteiger partial charge in [-0.05, 0) is 44.5 Å². The molecule has 0 saturated heterocycles. The molecule has 0 heterocycles. The summed E-state index contributed by atoms with van der Waals surface area (Å²) in [6.45, 7) is 9.11. The first-order valence-electron chi connectivity index (χ1n) is 8.73. The molecule has 0 fully saturated rings. The van der Waals surface area contributed by atoms with Crippen LogP contribution in [0.1, 0.15) is 42.7 Å². The molecular weight excluding hydrogens is 342 g/mol. The molecule has 0 aliphatic heterocycles. The van der Waals surface area contributed by atoms with Crippen molar-refractivity contribution in [2.45, 2.75) is 38.5 Å². The maximum Gasteiger partial charge on any atom is 0.408 e. The fourth-order valence-corrected chi connectivity index (χ4v) is 2.47. The molecule has 142 valence electrons. The summed E-state index contributed by atoms with van der Waals surface area (Å²) in [5.74, 6) is -0.493. The highest BCUT2D eigenvalue weighted by molar-refractivity contribution is 5.89. The fraction of sp³-hybridized carbons (Fsp3) is 0.273. The number of ether oxygens (including phenoxy) is 2. The van der Waals surface area contributed by atoms with E-state index in [2.05, 4.69) is 11.9 Å². The standard InChI is InChI=1S/C22H25NO4/c1-5-18(26-20(24)17-14-10-7-11-15-17)19(16-12-8-6-9-13-16)23-21(25)27-22(2,3)4/h5-15,18-19H,1H2,2-4H3,(H,23,25)/t18-,19-/m0/s1. The molecule has 5 nitrogen and oxygen atoms in total. The number of hydrogen-bond donors (Lipinski definition) is 1. The summed E-state index contributed by atoms with van der Waals surface area (Å²) >= 11 is 0. The summed E-state index contributed by atoms with van der Waals surface area (Å²) in [5.41, 5.74) is 0.554. The van der Waals surface area contributed by atoms with Crippen LogP contribution in [0.4, 0.5) is 4.79 Å². The lowest BCUT2D eigenvalue weighted by Gasteiger charge is -2.28. The predicted molar refractivity (Wildman–Crippen MR) is 104 cm³/mol. The number of carbonyl (C=O) groups excluding carboxylic acids is 2. The zero-order valence-electron chi connectivity index (χ0n) is 15.8. The number of esters is 1. The van der Waals surface area contributed by atoms with Crippen molar-refractivity contribution in [3.05, 3.63) is 84.4 Å². The Hall–Kier alpha value is -3.08. The second kappa shape index (κ2) is 9.03. The van der Waals surface area contributed by atoms with Crippen LogP contribution in [0.2, 0.25) is 0 Å². The Morgan fingerprint density at radius 2 is 1.56 bits per heavy atom. The highest BCUT2D eigenvalue weighted by atomic mass is 16.6. The van der Waals surface area contributed by atoms with E-state index in [9.17, 15) is 9.59 Å². The van der Waals surface area contributed by atoms with Crippen molar-refractivity contribution in [3.63, 3.8) is 0 Å². The summed E-state index contributed by atoms with van der Waals surface area (Å²) in [7, 11) is 0. The van der Waals surface area contributed by atoms with Crippen LogP contribution in [0.25, 0.3) is 0 Å². The number of benzene rings is 2. The van der Waals surface area contributed by atoms with Crippen molar-refractivity contribution in [2.24, 2.45) is 0 Å². The Bertz CT molecular complexity index is 766. The molecule has 1 amide bonds. The molecule has 0 bridgehead atoms. The lowest BCUT2D eigenvalue weighted by Crippen LogP contribution is -2.40. The summed E-state index contributed by atoms with van der Waals surface area (Å²) < 4.78 is 11.0. The number of hydrogen-bond acceptors (Lipinski definition) is 4. The quantitative estimate of drug-likeness (QED) is 0.595. The molecule has 2 rings (SSSR count). The number of nitrogens with one attached hydrogen (secondary N) is 1. The molecule has 0 aliphatic rings. The first-order valence-corrected chi connectivity index (χ1v) is 8.73. The van der Waals surface area contributed by atoms with E-state index in [1.54, 1.807) is 45.0 Å². The first kappa shape index (κ1) is 20.2. The number of alkyl carbamates (subject to hydrolysis) is 1. The third-order valence-electron chi connectivity index (χ3n) is 3.64. The van der Waals surface area contributed by atoms with E-state index in [4.69, 9.17) is 9.47 Å². The van der Waals surface area contributed by atoms with Gasteiger partial charge in [0.1, 0.15) is 11.7 Å². The van der Waals surface area contributed by atoms with E-state index >= 15 is 0 Å². The molecule has 0 aliphatic carbocycles. The fourth-order valence-electron chi connectivity index (χ4n) is 2.47. The molecule has 0 spiro atoms. The van der Waals surface area contributed by atoms with Gasteiger partial charge in [-0.25, -0.2) is 9.59 Å². The normalized spacial score (nSPS) is 13.1. The van der Waals surface area contributed by atoms with Crippen LogP contribution in [0.3, 0.4) is 0 Å². The summed E-state index contributed by atoms with van der Waals surface area (Å²) in [6, 6.07) is 17.3. The van der Waals surface area contributed by atoms with Crippen LogP contribution in [0.5, 0.6) is 0 Å². The third-order valence-corrected chi connectivity index (χ3v) is 3.64. The zero-order chi connectivity index (χ0) is 19.9. The van der Waals surface area contributed by atoms with Crippen molar-refractivity contribution >= 4 is 12.1 Å². The molecule has 2 aromatic carbocycles. The molecule has 5 heteroatoms. The third kappa shape index (κ3) is 6.29. The minimum Gasteiger partial charge on any atom is -0.452 e. The van der Waals surface area contributed by atoms with Gasteiger partial charge in [0.05, 0.1) is 11.6 Å². The van der Waals surface area contributed by atoms with Gasteiger partial charge in [0, 0.05) is 0 Å². The monoisotopic (exact) mass is 367 g/mol. The molecule has 27 heavy (non-hydrogen) atoms. The Morgan fingerprint density at radius 3 is 2.07 bits per heavy atom. The zero-order valence-corrected chi connectivity index (χ0v) is 15.8. The summed E-state index contributed by atoms with van der Waals surface area (Å²) in [4.78, 5) is 24.8. The van der Waals surface area contributed by atoms with Gasteiger partial charge < -0.3 is 14.8 Å². The molecule has 1 N–H and O–H groups in total. The van der Waals surface area contributed by atoms with Gasteiger partial charge in [0.25, 0.3) is 0 Å². The lowest BCUT2D eigenvalue weighted by atomic mass is 10.0. The van der Waals surface area contributed by atoms with Crippen molar-refractivity contribution in [2.75, 3.05) is 0 Å². The van der Waals surface area contributed by atoms with E-state index < -0.39 is 29.8 Å². The largest absolute Gasteiger partial charge is 0.452 e. The second-order valence-electron chi connectivity index (χ2n) is 7.01. The highest BCUT2D eigenvalue weighted by Crippen LogP contribution is 2.22. The Morgan fingerprint density at radius 1 is 1.00 bits per heavy atom. The van der Waals surface area contributed by atoms with Crippen LogP contribution in [0.15, 0.2) is 73.3 Å². The average molecular weight is 367 g/mol. The van der Waals surface area contributed by atoms with E-state index in [-0.39, 0.29) is 0 Å². The Labute approximate surface area is 160 Å². The predicted octanol–water partition coefficient (Wildman–Crippen LogP) is 4.66. The highest BCUT2D eigenvalue weighted by Gasteiger charge is 2.28. The van der Waals surface area contributed by atoms with Crippen molar-refractivity contribution < 1.29 is 19.1 Å². The topological polar surface area (TPSA) is 64.6 Å². The smallest absolute Gasteiger partial charge is 0.408 e. The van der Waals surface area contributed by atoms with E-state index in [0.717, 1.165) is 5.56 Å². The van der Waals surface area contributed by atoms with Gasteiger partial charge in [0.2, 0.25) is 0 Å². The van der Waals surface area contributed by atoms with Crippen molar-refractivity contribution in [1.82, 2.24) is 5.32 Å². The van der Waals surface area contributed by atoms with E-state index in [1.165, 1.54) is 6.08 Å². The van der Waals surface area contributed by atoms with Crippen molar-refractivity contribution in [1.29, 1.82) is 0 Å². The summed E-state index contributed by atoms with van der Waals surface area (Å²) in [6.07, 6.45) is 0.127. The second-order valence-corrected chi connectivity index (χ2v) is 7.01. The lowest BCUT2D eigenvalue weighted by molar-refractivity contribution is 0.0244. The number of rotatable bonds is 6. The van der Waals surface area contributed by atoms with Gasteiger partial charge in [-0.2, -0.15) is 0 Å². The molecule has 0 radical (unpaired) electrons. The Kier molecular flexibility index (Phi) is 6.77. The molecular formula is C22H25NO4. The maximum atomic E-state index is 12.5. The van der Waals surface area contributed by atoms with Gasteiger partial charge in [0.15, 0.2) is 0 Å². The number of amides is 1. The van der Waals surface area contributed by atoms with Crippen LogP contribution >= 0.6 is 0 Å². The van der Waals surface area contributed by atoms with E-state index in [1.807, 2.05) is 36.4 Å². The van der Waals surface area contributed by atoms with Crippen LogP contribution in [-0.2, 0) is 9.47 Å². The number of carbonyl (C=O) groups is 2. The summed E-state index contributed by atoms with van der Waals surface area (Å²) in [5, 5.41) is 2.79.